The fraction of sp³-hybridized carbons (Fsp3) is 0. The van der Waals surface area contributed by atoms with E-state index in [1.165, 1.54) is 6.20 Å². The number of aromatic nitrogens is 1. The van der Waals surface area contributed by atoms with E-state index in [9.17, 15) is 4.79 Å². The number of halogens is 2. The summed E-state index contributed by atoms with van der Waals surface area (Å²) in [5, 5.41) is 0.534. The lowest BCUT2D eigenvalue weighted by atomic mass is 10.3. The summed E-state index contributed by atoms with van der Waals surface area (Å²) >= 11 is 10.8. The molecule has 0 amide bonds. The second-order valence-electron chi connectivity index (χ2n) is 3.23. The van der Waals surface area contributed by atoms with E-state index in [0.717, 1.165) is 0 Å². The fourth-order valence-electron chi connectivity index (χ4n) is 1.21. The Hall–Kier alpha value is -1.78. The molecular formula is C12H7Cl2NO3. The van der Waals surface area contributed by atoms with Crippen LogP contribution in [0.2, 0.25) is 5.02 Å². The summed E-state index contributed by atoms with van der Waals surface area (Å²) in [5.74, 6) is 1.31. The quantitative estimate of drug-likeness (QED) is 0.790. The summed E-state index contributed by atoms with van der Waals surface area (Å²) in [6.45, 7) is 0. The van der Waals surface area contributed by atoms with Crippen molar-refractivity contribution in [1.82, 2.24) is 4.98 Å². The van der Waals surface area contributed by atoms with Crippen LogP contribution in [0.3, 0.4) is 0 Å². The predicted octanol–water partition coefficient (Wildman–Crippen LogP) is 4.26. The zero-order valence-corrected chi connectivity index (χ0v) is 10.5. The second-order valence-corrected chi connectivity index (χ2v) is 3.97. The highest BCUT2D eigenvalue weighted by Crippen LogP contribution is 2.23. The van der Waals surface area contributed by atoms with Crippen LogP contribution < -0.4 is 9.47 Å². The molecule has 0 aliphatic rings. The molecule has 2 aromatic rings. The first-order chi connectivity index (χ1) is 8.63. The van der Waals surface area contributed by atoms with Gasteiger partial charge in [0.2, 0.25) is 5.88 Å². The monoisotopic (exact) mass is 283 g/mol. The Labute approximate surface area is 113 Å². The van der Waals surface area contributed by atoms with Crippen LogP contribution in [0.25, 0.3) is 0 Å². The molecule has 0 unspecified atom stereocenters. The van der Waals surface area contributed by atoms with E-state index in [1.54, 1.807) is 36.4 Å². The first kappa shape index (κ1) is 12.7. The largest absolute Gasteiger partial charge is 0.439 e. The predicted molar refractivity (Wildman–Crippen MR) is 67.6 cm³/mol. The smallest absolute Gasteiger partial charge is 0.409 e. The maximum Gasteiger partial charge on any atom is 0.409 e. The molecule has 4 nitrogen and oxygen atoms in total. The van der Waals surface area contributed by atoms with Crippen molar-refractivity contribution in [2.75, 3.05) is 0 Å². The fourth-order valence-corrected chi connectivity index (χ4v) is 1.41. The summed E-state index contributed by atoms with van der Waals surface area (Å²) < 4.78 is 10.1. The molecule has 0 spiro atoms. The van der Waals surface area contributed by atoms with Gasteiger partial charge in [-0.25, -0.2) is 9.78 Å². The third-order valence-corrected chi connectivity index (χ3v) is 2.25. The van der Waals surface area contributed by atoms with Gasteiger partial charge in [-0.15, -0.1) is 0 Å². The maximum atomic E-state index is 10.5. The highest BCUT2D eigenvalue weighted by molar-refractivity contribution is 6.61. The van der Waals surface area contributed by atoms with Gasteiger partial charge in [0.15, 0.2) is 0 Å². The number of ether oxygens (including phenoxy) is 2. The minimum Gasteiger partial charge on any atom is -0.439 e. The minimum absolute atomic E-state index is 0.339. The lowest BCUT2D eigenvalue weighted by Crippen LogP contribution is -1.95. The van der Waals surface area contributed by atoms with Crippen LogP contribution >= 0.6 is 23.2 Å². The number of carbonyl (C=O) groups excluding carboxylic acids is 1. The second kappa shape index (κ2) is 5.71. The third-order valence-electron chi connectivity index (χ3n) is 1.94. The van der Waals surface area contributed by atoms with E-state index in [0.29, 0.717) is 22.4 Å². The molecule has 1 aromatic carbocycles. The molecule has 92 valence electrons. The first-order valence-corrected chi connectivity index (χ1v) is 5.66. The standard InChI is InChI=1S/C12H7Cl2NO3/c13-8-1-6-11(15-7-8)17-9-2-4-10(5-3-9)18-12(14)16/h1-7H. The van der Waals surface area contributed by atoms with Crippen LogP contribution in [0, 0.1) is 0 Å². The Morgan fingerprint density at radius 1 is 1.06 bits per heavy atom. The molecule has 2 rings (SSSR count). The number of pyridine rings is 1. The van der Waals surface area contributed by atoms with Crippen molar-refractivity contribution < 1.29 is 14.3 Å². The van der Waals surface area contributed by atoms with E-state index in [4.69, 9.17) is 27.9 Å². The Kier molecular flexibility index (Phi) is 4.02. The molecule has 0 bridgehead atoms. The van der Waals surface area contributed by atoms with Crippen LogP contribution in [-0.2, 0) is 0 Å². The Balaban J connectivity index is 2.06. The molecular weight excluding hydrogens is 277 g/mol. The van der Waals surface area contributed by atoms with Crippen molar-refractivity contribution in [2.45, 2.75) is 0 Å². The number of hydrogen-bond acceptors (Lipinski definition) is 4. The van der Waals surface area contributed by atoms with Gasteiger partial charge in [-0.1, -0.05) is 11.6 Å². The molecule has 1 aromatic heterocycles. The van der Waals surface area contributed by atoms with E-state index in [-0.39, 0.29) is 0 Å². The lowest BCUT2D eigenvalue weighted by Gasteiger charge is -2.05. The molecule has 0 aliphatic heterocycles. The van der Waals surface area contributed by atoms with Gasteiger partial charge in [0, 0.05) is 23.9 Å². The Bertz CT molecular complexity index is 540. The van der Waals surface area contributed by atoms with E-state index >= 15 is 0 Å². The van der Waals surface area contributed by atoms with Crippen molar-refractivity contribution in [1.29, 1.82) is 0 Å². The molecule has 0 N–H and O–H groups in total. The highest BCUT2D eigenvalue weighted by atomic mass is 35.5. The summed E-state index contributed by atoms with van der Waals surface area (Å²) in [6, 6.07) is 9.70. The number of rotatable bonds is 3. The van der Waals surface area contributed by atoms with Crippen LogP contribution in [-0.4, -0.2) is 10.4 Å². The van der Waals surface area contributed by atoms with Crippen LogP contribution in [0.5, 0.6) is 17.4 Å². The van der Waals surface area contributed by atoms with Crippen molar-refractivity contribution in [2.24, 2.45) is 0 Å². The van der Waals surface area contributed by atoms with E-state index in [1.807, 2.05) is 0 Å². The average molecular weight is 284 g/mol. The molecule has 6 heteroatoms. The lowest BCUT2D eigenvalue weighted by molar-refractivity contribution is 0.225. The number of benzene rings is 1. The van der Waals surface area contributed by atoms with Gasteiger partial charge < -0.3 is 9.47 Å². The topological polar surface area (TPSA) is 48.4 Å². The van der Waals surface area contributed by atoms with Gasteiger partial charge in [0.1, 0.15) is 11.5 Å². The van der Waals surface area contributed by atoms with Crippen LogP contribution in [0.4, 0.5) is 4.79 Å². The number of hydrogen-bond donors (Lipinski definition) is 0. The number of nitrogens with zero attached hydrogens (tertiary/aromatic N) is 1. The van der Waals surface area contributed by atoms with Crippen LogP contribution in [0.1, 0.15) is 0 Å². The molecule has 0 saturated heterocycles. The van der Waals surface area contributed by atoms with E-state index in [2.05, 4.69) is 9.72 Å². The molecule has 0 saturated carbocycles. The van der Waals surface area contributed by atoms with Gasteiger partial charge in [-0.2, -0.15) is 0 Å². The normalized spacial score (nSPS) is 9.89. The van der Waals surface area contributed by atoms with Crippen molar-refractivity contribution in [3.63, 3.8) is 0 Å². The van der Waals surface area contributed by atoms with Gasteiger partial charge >= 0.3 is 5.43 Å². The SMILES string of the molecule is O=C(Cl)Oc1ccc(Oc2ccc(Cl)cn2)cc1. The van der Waals surface area contributed by atoms with Crippen molar-refractivity contribution in [3.05, 3.63) is 47.6 Å². The van der Waals surface area contributed by atoms with Gasteiger partial charge in [0.25, 0.3) is 0 Å². The summed E-state index contributed by atoms with van der Waals surface area (Å²) in [6.07, 6.45) is 1.49. The summed E-state index contributed by atoms with van der Waals surface area (Å²) in [4.78, 5) is 14.5. The van der Waals surface area contributed by atoms with Crippen molar-refractivity contribution >= 4 is 28.6 Å². The average Bonchev–Trinajstić information content (AvgIpc) is 2.34. The van der Waals surface area contributed by atoms with Gasteiger partial charge in [-0.05, 0) is 30.3 Å². The van der Waals surface area contributed by atoms with Gasteiger partial charge in [0.05, 0.1) is 5.02 Å². The summed E-state index contributed by atoms with van der Waals surface area (Å²) in [5.41, 5.74) is -0.886. The van der Waals surface area contributed by atoms with Crippen molar-refractivity contribution in [3.8, 4) is 17.4 Å². The zero-order chi connectivity index (χ0) is 13.0. The molecule has 0 fully saturated rings. The molecule has 0 aliphatic carbocycles. The van der Waals surface area contributed by atoms with Gasteiger partial charge in [-0.3, -0.25) is 0 Å². The Morgan fingerprint density at radius 2 is 1.72 bits per heavy atom. The molecule has 1 heterocycles. The Morgan fingerprint density at radius 3 is 2.28 bits per heavy atom. The molecule has 0 radical (unpaired) electrons. The minimum atomic E-state index is -0.886. The van der Waals surface area contributed by atoms with E-state index < -0.39 is 5.43 Å². The zero-order valence-electron chi connectivity index (χ0n) is 8.97. The first-order valence-electron chi connectivity index (χ1n) is 4.90. The molecule has 0 atom stereocenters. The van der Waals surface area contributed by atoms with Crippen LogP contribution in [0.15, 0.2) is 42.6 Å². The third kappa shape index (κ3) is 3.61. The maximum absolute atomic E-state index is 10.5. The molecule has 18 heavy (non-hydrogen) atoms. The highest BCUT2D eigenvalue weighted by Gasteiger charge is 2.02. The number of carbonyl (C=O) groups is 1. The summed E-state index contributed by atoms with van der Waals surface area (Å²) in [7, 11) is 0.